The molecule has 4 nitrogen and oxygen atoms in total. The molecule has 5 heteroatoms. The smallest absolute Gasteiger partial charge is 0.331 e. The minimum absolute atomic E-state index is 0.00160. The number of Topliss-reactive ketones (excluding diaryl/α,β-unsaturated/α-hetero) is 1. The molecule has 2 aliphatic heterocycles. The van der Waals surface area contributed by atoms with E-state index in [1.165, 1.54) is 6.08 Å². The third-order valence-corrected chi connectivity index (χ3v) is 4.41. The molecule has 0 fully saturated rings. The summed E-state index contributed by atoms with van der Waals surface area (Å²) in [4.78, 5) is 23.7. The Morgan fingerprint density at radius 2 is 2.20 bits per heavy atom. The van der Waals surface area contributed by atoms with Crippen LogP contribution in [0.1, 0.15) is 30.1 Å². The first-order valence-corrected chi connectivity index (χ1v) is 7.25. The monoisotopic (exact) mass is 336 g/mol. The number of hydrogen-bond acceptors (Lipinski definition) is 4. The normalized spacial score (nSPS) is 28.0. The molecule has 3 rings (SSSR count). The van der Waals surface area contributed by atoms with Gasteiger partial charge in [0.05, 0.1) is 16.5 Å². The molecule has 0 saturated carbocycles. The summed E-state index contributed by atoms with van der Waals surface area (Å²) in [6, 6.07) is 5.37. The maximum atomic E-state index is 12.3. The second-order valence-corrected chi connectivity index (χ2v) is 5.77. The molecule has 0 N–H and O–H groups in total. The summed E-state index contributed by atoms with van der Waals surface area (Å²) in [6.07, 6.45) is 3.37. The molecule has 0 saturated heterocycles. The molecule has 0 aromatic heterocycles. The molecule has 0 radical (unpaired) electrons. The van der Waals surface area contributed by atoms with E-state index in [2.05, 4.69) is 15.9 Å². The zero-order valence-electron chi connectivity index (χ0n) is 10.9. The summed E-state index contributed by atoms with van der Waals surface area (Å²) in [5, 5.41) is 0. The van der Waals surface area contributed by atoms with Gasteiger partial charge in [-0.3, -0.25) is 4.79 Å². The van der Waals surface area contributed by atoms with Crippen LogP contribution in [0.2, 0.25) is 0 Å². The number of fused-ring (bicyclic) bond motifs is 1. The van der Waals surface area contributed by atoms with Gasteiger partial charge in [-0.2, -0.15) is 0 Å². The minimum atomic E-state index is -0.848. The number of cyclic esters (lactones) is 1. The Kier molecular flexibility index (Phi) is 3.17. The highest BCUT2D eigenvalue weighted by molar-refractivity contribution is 9.10. The topological polar surface area (TPSA) is 52.6 Å². The van der Waals surface area contributed by atoms with Gasteiger partial charge in [0, 0.05) is 6.08 Å². The van der Waals surface area contributed by atoms with Crippen molar-refractivity contribution >= 4 is 27.7 Å². The fraction of sp³-hybridized carbons (Fsp3) is 0.333. The number of rotatable bonds is 2. The molecule has 0 unspecified atom stereocenters. The molecule has 0 spiro atoms. The van der Waals surface area contributed by atoms with Gasteiger partial charge in [-0.25, -0.2) is 4.79 Å². The molecule has 20 heavy (non-hydrogen) atoms. The number of para-hydroxylation sites is 1. The van der Waals surface area contributed by atoms with Crippen molar-refractivity contribution in [1.29, 1.82) is 0 Å². The second-order valence-electron chi connectivity index (χ2n) is 4.91. The van der Waals surface area contributed by atoms with Crippen molar-refractivity contribution in [2.75, 3.05) is 0 Å². The summed E-state index contributed by atoms with van der Waals surface area (Å²) < 4.78 is 12.1. The number of ketones is 1. The van der Waals surface area contributed by atoms with E-state index < -0.39 is 11.7 Å². The number of carbonyl (C=O) groups excluding carboxylic acids is 2. The molecule has 2 aliphatic rings. The van der Waals surface area contributed by atoms with E-state index >= 15 is 0 Å². The molecule has 0 aliphatic carbocycles. The lowest BCUT2D eigenvalue weighted by Crippen LogP contribution is -2.48. The van der Waals surface area contributed by atoms with Crippen LogP contribution in [0.25, 0.3) is 0 Å². The maximum Gasteiger partial charge on any atom is 0.331 e. The van der Waals surface area contributed by atoms with Crippen molar-refractivity contribution in [1.82, 2.24) is 0 Å². The summed E-state index contributed by atoms with van der Waals surface area (Å²) in [7, 11) is 0. The number of hydrogen-bond donors (Lipinski definition) is 0. The fourth-order valence-electron chi connectivity index (χ4n) is 2.64. The number of esters is 1. The molecular formula is C15H13BrO4. The highest BCUT2D eigenvalue weighted by Gasteiger charge is 2.47. The van der Waals surface area contributed by atoms with Crippen molar-refractivity contribution in [2.45, 2.75) is 31.5 Å². The first-order valence-electron chi connectivity index (χ1n) is 6.46. The van der Waals surface area contributed by atoms with Gasteiger partial charge in [0.15, 0.2) is 11.4 Å². The zero-order chi connectivity index (χ0) is 14.3. The van der Waals surface area contributed by atoms with Gasteiger partial charge in [0.1, 0.15) is 11.9 Å². The Bertz CT molecular complexity index is 622. The first kappa shape index (κ1) is 13.4. The standard InChI is InChI=1S/C15H13BrO4/c1-2-15(7-6-13(18)20-15)12-8-11(17)9-4-3-5-10(16)14(9)19-12/h3-7,12H,2,8H2,1H3/t12-,15+/m0/s1. The van der Waals surface area contributed by atoms with Crippen LogP contribution in [-0.4, -0.2) is 23.5 Å². The third-order valence-electron chi connectivity index (χ3n) is 3.79. The molecule has 0 amide bonds. The summed E-state index contributed by atoms with van der Waals surface area (Å²) in [5.41, 5.74) is -0.283. The number of carbonyl (C=O) groups is 2. The van der Waals surface area contributed by atoms with Gasteiger partial charge in [0.25, 0.3) is 0 Å². The molecular weight excluding hydrogens is 324 g/mol. The number of ether oxygens (including phenoxy) is 2. The second kappa shape index (κ2) is 4.74. The maximum absolute atomic E-state index is 12.3. The fourth-order valence-corrected chi connectivity index (χ4v) is 3.10. The lowest BCUT2D eigenvalue weighted by Gasteiger charge is -2.37. The summed E-state index contributed by atoms with van der Waals surface area (Å²) in [5.74, 6) is 0.139. The average Bonchev–Trinajstić information content (AvgIpc) is 2.83. The molecule has 104 valence electrons. The molecule has 2 heterocycles. The van der Waals surface area contributed by atoms with Gasteiger partial charge < -0.3 is 9.47 Å². The molecule has 1 aromatic carbocycles. The van der Waals surface area contributed by atoms with E-state index in [4.69, 9.17) is 9.47 Å². The van der Waals surface area contributed by atoms with Crippen LogP contribution in [-0.2, 0) is 9.53 Å². The van der Waals surface area contributed by atoms with E-state index in [1.807, 2.05) is 13.0 Å². The quantitative estimate of drug-likeness (QED) is 0.779. The van der Waals surface area contributed by atoms with Crippen molar-refractivity contribution in [3.05, 3.63) is 40.4 Å². The van der Waals surface area contributed by atoms with Gasteiger partial charge in [-0.15, -0.1) is 0 Å². The van der Waals surface area contributed by atoms with E-state index in [-0.39, 0.29) is 18.2 Å². The Balaban J connectivity index is 1.99. The Hall–Kier alpha value is -1.62. The van der Waals surface area contributed by atoms with Gasteiger partial charge in [-0.05, 0) is 40.6 Å². The van der Waals surface area contributed by atoms with Crippen molar-refractivity contribution in [3.63, 3.8) is 0 Å². The molecule has 1 aromatic rings. The molecule has 2 atom stereocenters. The van der Waals surface area contributed by atoms with E-state index in [9.17, 15) is 9.59 Å². The predicted octanol–water partition coefficient (Wildman–Crippen LogP) is 3.04. The van der Waals surface area contributed by atoms with E-state index in [1.54, 1.807) is 18.2 Å². The van der Waals surface area contributed by atoms with E-state index in [0.29, 0.717) is 17.7 Å². The van der Waals surface area contributed by atoms with Gasteiger partial charge in [0.2, 0.25) is 0 Å². The van der Waals surface area contributed by atoms with E-state index in [0.717, 1.165) is 4.47 Å². The summed E-state index contributed by atoms with van der Waals surface area (Å²) >= 11 is 3.39. The lowest BCUT2D eigenvalue weighted by molar-refractivity contribution is -0.153. The van der Waals surface area contributed by atoms with Gasteiger partial charge in [-0.1, -0.05) is 13.0 Å². The van der Waals surface area contributed by atoms with Crippen molar-refractivity contribution < 1.29 is 19.1 Å². The van der Waals surface area contributed by atoms with Crippen LogP contribution < -0.4 is 4.74 Å². The lowest BCUT2D eigenvalue weighted by atomic mass is 9.87. The average molecular weight is 337 g/mol. The summed E-state index contributed by atoms with van der Waals surface area (Å²) in [6.45, 7) is 1.91. The SMILES string of the molecule is CC[C@]1([C@@H]2CC(=O)c3cccc(Br)c3O2)C=CC(=O)O1. The Labute approximate surface area is 124 Å². The van der Waals surface area contributed by atoms with Crippen molar-refractivity contribution in [3.8, 4) is 5.75 Å². The largest absolute Gasteiger partial charge is 0.483 e. The highest BCUT2D eigenvalue weighted by Crippen LogP contribution is 2.40. The minimum Gasteiger partial charge on any atom is -0.483 e. The predicted molar refractivity (Wildman–Crippen MR) is 75.8 cm³/mol. The van der Waals surface area contributed by atoms with Crippen LogP contribution >= 0.6 is 15.9 Å². The Morgan fingerprint density at radius 3 is 2.85 bits per heavy atom. The zero-order valence-corrected chi connectivity index (χ0v) is 12.5. The van der Waals surface area contributed by atoms with Crippen LogP contribution in [0.15, 0.2) is 34.8 Å². The Morgan fingerprint density at radius 1 is 1.40 bits per heavy atom. The number of benzene rings is 1. The van der Waals surface area contributed by atoms with Crippen LogP contribution in [0.5, 0.6) is 5.75 Å². The van der Waals surface area contributed by atoms with Gasteiger partial charge >= 0.3 is 5.97 Å². The third kappa shape index (κ3) is 1.97. The highest BCUT2D eigenvalue weighted by atomic mass is 79.9. The van der Waals surface area contributed by atoms with Crippen LogP contribution in [0.3, 0.4) is 0 Å². The van der Waals surface area contributed by atoms with Crippen molar-refractivity contribution in [2.24, 2.45) is 0 Å². The van der Waals surface area contributed by atoms with Crippen LogP contribution in [0, 0.1) is 0 Å². The number of halogens is 1. The van der Waals surface area contributed by atoms with Crippen LogP contribution in [0.4, 0.5) is 0 Å². The first-order chi connectivity index (χ1) is 9.55. The molecule has 0 bridgehead atoms.